The maximum atomic E-state index is 13.6. The molecule has 20 heavy (non-hydrogen) atoms. The Balaban J connectivity index is 2.32. The first-order valence-corrected chi connectivity index (χ1v) is 6.49. The molecule has 2 aromatic carbocycles. The molecular weight excluding hydrogens is 253 g/mol. The first kappa shape index (κ1) is 12.7. The largest absolute Gasteiger partial charge is 0.369 e. The molecule has 1 aromatic heterocycles. The van der Waals surface area contributed by atoms with Crippen LogP contribution in [0.25, 0.3) is 16.7 Å². The molecule has 1 heterocycles. The molecule has 0 saturated carbocycles. The zero-order valence-corrected chi connectivity index (χ0v) is 11.7. The molecule has 0 unspecified atom stereocenters. The molecule has 0 bridgehead atoms. The van der Waals surface area contributed by atoms with E-state index in [9.17, 15) is 4.39 Å². The number of imidazole rings is 1. The number of nitrogen functional groups attached to an aromatic ring is 1. The van der Waals surface area contributed by atoms with E-state index in [1.165, 1.54) is 17.2 Å². The summed E-state index contributed by atoms with van der Waals surface area (Å²) >= 11 is 0. The molecule has 3 nitrogen and oxygen atoms in total. The number of hydrogen-bond donors (Lipinski definition) is 1. The number of aryl methyl sites for hydroxylation is 3. The Kier molecular flexibility index (Phi) is 2.74. The number of anilines is 1. The van der Waals surface area contributed by atoms with Gasteiger partial charge in [-0.05, 0) is 55.7 Å². The fourth-order valence-corrected chi connectivity index (χ4v) is 2.36. The molecule has 0 atom stereocenters. The molecule has 2 N–H and O–H groups in total. The first-order valence-electron chi connectivity index (χ1n) is 6.49. The van der Waals surface area contributed by atoms with E-state index in [0.29, 0.717) is 17.0 Å². The highest BCUT2D eigenvalue weighted by Crippen LogP contribution is 2.26. The van der Waals surface area contributed by atoms with Crippen molar-refractivity contribution in [1.82, 2.24) is 9.55 Å². The van der Waals surface area contributed by atoms with Gasteiger partial charge in [0.05, 0.1) is 11.0 Å². The molecule has 102 valence electrons. The van der Waals surface area contributed by atoms with Gasteiger partial charge in [0.25, 0.3) is 0 Å². The Hall–Kier alpha value is -2.36. The van der Waals surface area contributed by atoms with E-state index in [0.717, 1.165) is 11.2 Å². The van der Waals surface area contributed by atoms with Crippen LogP contribution in [-0.4, -0.2) is 9.55 Å². The number of hydrogen-bond acceptors (Lipinski definition) is 2. The number of halogens is 1. The van der Waals surface area contributed by atoms with Crippen molar-refractivity contribution in [3.8, 4) is 5.69 Å². The molecule has 0 radical (unpaired) electrons. The van der Waals surface area contributed by atoms with Crippen LogP contribution in [0.5, 0.6) is 0 Å². The standard InChI is InChI=1S/C16H16FN3/c1-9-4-5-12(6-10(9)2)20-15-7-11(3)13(17)8-14(15)19-16(20)18/h4-8H,1-3H3,(H2,18,19). The van der Waals surface area contributed by atoms with Gasteiger partial charge < -0.3 is 5.73 Å². The second-order valence-corrected chi connectivity index (χ2v) is 5.16. The van der Waals surface area contributed by atoms with E-state index in [2.05, 4.69) is 24.9 Å². The van der Waals surface area contributed by atoms with Gasteiger partial charge in [0.1, 0.15) is 5.82 Å². The van der Waals surface area contributed by atoms with E-state index in [4.69, 9.17) is 5.73 Å². The summed E-state index contributed by atoms with van der Waals surface area (Å²) in [5.74, 6) is 0.107. The minimum atomic E-state index is -0.262. The van der Waals surface area contributed by atoms with Gasteiger partial charge >= 0.3 is 0 Å². The highest BCUT2D eigenvalue weighted by atomic mass is 19.1. The summed E-state index contributed by atoms with van der Waals surface area (Å²) in [4.78, 5) is 4.24. The number of benzene rings is 2. The maximum absolute atomic E-state index is 13.6. The van der Waals surface area contributed by atoms with Crippen LogP contribution >= 0.6 is 0 Å². The summed E-state index contributed by atoms with van der Waals surface area (Å²) in [7, 11) is 0. The van der Waals surface area contributed by atoms with E-state index in [1.807, 2.05) is 16.7 Å². The van der Waals surface area contributed by atoms with Gasteiger partial charge in [-0.1, -0.05) is 6.07 Å². The molecule has 0 aliphatic carbocycles. The topological polar surface area (TPSA) is 43.8 Å². The zero-order valence-electron chi connectivity index (χ0n) is 11.7. The predicted molar refractivity (Wildman–Crippen MR) is 79.7 cm³/mol. The van der Waals surface area contributed by atoms with Crippen LogP contribution in [0, 0.1) is 26.6 Å². The Labute approximate surface area is 116 Å². The number of nitrogens with two attached hydrogens (primary N) is 1. The Morgan fingerprint density at radius 1 is 1.00 bits per heavy atom. The van der Waals surface area contributed by atoms with Crippen molar-refractivity contribution in [1.29, 1.82) is 0 Å². The van der Waals surface area contributed by atoms with Crippen LogP contribution in [0.1, 0.15) is 16.7 Å². The molecule has 0 fully saturated rings. The van der Waals surface area contributed by atoms with Crippen LogP contribution < -0.4 is 5.73 Å². The number of rotatable bonds is 1. The quantitative estimate of drug-likeness (QED) is 0.732. The van der Waals surface area contributed by atoms with Crippen LogP contribution in [0.3, 0.4) is 0 Å². The minimum absolute atomic E-state index is 0.262. The Morgan fingerprint density at radius 2 is 1.75 bits per heavy atom. The van der Waals surface area contributed by atoms with Gasteiger partial charge in [-0.3, -0.25) is 4.57 Å². The van der Waals surface area contributed by atoms with Crippen molar-refractivity contribution >= 4 is 17.0 Å². The SMILES string of the molecule is Cc1ccc(-n2c(N)nc3cc(F)c(C)cc32)cc1C. The number of aromatic nitrogens is 2. The lowest BCUT2D eigenvalue weighted by atomic mass is 10.1. The van der Waals surface area contributed by atoms with Crippen LogP contribution in [-0.2, 0) is 0 Å². The lowest BCUT2D eigenvalue weighted by molar-refractivity contribution is 0.620. The molecule has 0 amide bonds. The average molecular weight is 269 g/mol. The molecule has 0 spiro atoms. The van der Waals surface area contributed by atoms with E-state index >= 15 is 0 Å². The fourth-order valence-electron chi connectivity index (χ4n) is 2.36. The molecule has 3 rings (SSSR count). The van der Waals surface area contributed by atoms with Crippen molar-refractivity contribution in [2.45, 2.75) is 20.8 Å². The smallest absolute Gasteiger partial charge is 0.205 e. The summed E-state index contributed by atoms with van der Waals surface area (Å²) in [6, 6.07) is 9.32. The fraction of sp³-hybridized carbons (Fsp3) is 0.188. The van der Waals surface area contributed by atoms with Gasteiger partial charge in [-0.25, -0.2) is 9.37 Å². The van der Waals surface area contributed by atoms with E-state index < -0.39 is 0 Å². The zero-order chi connectivity index (χ0) is 14.4. The molecule has 0 aliphatic rings. The van der Waals surface area contributed by atoms with E-state index in [-0.39, 0.29) is 5.82 Å². The highest BCUT2D eigenvalue weighted by Gasteiger charge is 2.12. The van der Waals surface area contributed by atoms with Crippen molar-refractivity contribution < 1.29 is 4.39 Å². The second kappa shape index (κ2) is 4.34. The average Bonchev–Trinajstić information content (AvgIpc) is 2.69. The van der Waals surface area contributed by atoms with Crippen LogP contribution in [0.2, 0.25) is 0 Å². The van der Waals surface area contributed by atoms with Gasteiger partial charge in [0.2, 0.25) is 5.95 Å². The predicted octanol–water partition coefficient (Wildman–Crippen LogP) is 3.67. The number of nitrogens with zero attached hydrogens (tertiary/aromatic N) is 2. The minimum Gasteiger partial charge on any atom is -0.369 e. The first-order chi connectivity index (χ1) is 9.47. The lowest BCUT2D eigenvalue weighted by Gasteiger charge is -2.09. The van der Waals surface area contributed by atoms with Crippen molar-refractivity contribution in [3.05, 3.63) is 52.8 Å². The van der Waals surface area contributed by atoms with Crippen LogP contribution in [0.4, 0.5) is 10.3 Å². The van der Waals surface area contributed by atoms with Gasteiger partial charge in [-0.2, -0.15) is 0 Å². The molecule has 3 aromatic rings. The van der Waals surface area contributed by atoms with Crippen LogP contribution in [0.15, 0.2) is 30.3 Å². The summed E-state index contributed by atoms with van der Waals surface area (Å²) < 4.78 is 15.5. The summed E-state index contributed by atoms with van der Waals surface area (Å²) in [5.41, 5.74) is 11.3. The number of fused-ring (bicyclic) bond motifs is 1. The lowest BCUT2D eigenvalue weighted by Crippen LogP contribution is -2.01. The van der Waals surface area contributed by atoms with Gasteiger partial charge in [0, 0.05) is 11.8 Å². The summed E-state index contributed by atoms with van der Waals surface area (Å²) in [5, 5.41) is 0. The van der Waals surface area contributed by atoms with Crippen molar-refractivity contribution in [3.63, 3.8) is 0 Å². The monoisotopic (exact) mass is 269 g/mol. The third-order valence-corrected chi connectivity index (χ3v) is 3.71. The maximum Gasteiger partial charge on any atom is 0.205 e. The third kappa shape index (κ3) is 1.84. The van der Waals surface area contributed by atoms with Gasteiger partial charge in [0.15, 0.2) is 0 Å². The van der Waals surface area contributed by atoms with Crippen molar-refractivity contribution in [2.75, 3.05) is 5.73 Å². The normalized spacial score (nSPS) is 11.2. The summed E-state index contributed by atoms with van der Waals surface area (Å²) in [6.45, 7) is 5.86. The Bertz CT molecular complexity index is 818. The second-order valence-electron chi connectivity index (χ2n) is 5.16. The molecule has 0 aliphatic heterocycles. The van der Waals surface area contributed by atoms with Gasteiger partial charge in [-0.15, -0.1) is 0 Å². The van der Waals surface area contributed by atoms with E-state index in [1.54, 1.807) is 13.0 Å². The Morgan fingerprint density at radius 3 is 2.45 bits per heavy atom. The summed E-state index contributed by atoms with van der Waals surface area (Å²) in [6.07, 6.45) is 0. The third-order valence-electron chi connectivity index (χ3n) is 3.71. The van der Waals surface area contributed by atoms with Crippen molar-refractivity contribution in [2.24, 2.45) is 0 Å². The molecular formula is C16H16FN3. The molecule has 4 heteroatoms. The molecule has 0 saturated heterocycles. The highest BCUT2D eigenvalue weighted by molar-refractivity contribution is 5.81.